The Balaban J connectivity index is 1.81. The molecule has 0 amide bonds. The van der Waals surface area contributed by atoms with E-state index in [9.17, 15) is 0 Å². The van der Waals surface area contributed by atoms with E-state index < -0.39 is 0 Å². The molecule has 0 radical (unpaired) electrons. The Morgan fingerprint density at radius 1 is 1.17 bits per heavy atom. The molecule has 1 aromatic carbocycles. The topological polar surface area (TPSA) is 74.3 Å². The summed E-state index contributed by atoms with van der Waals surface area (Å²) in [5.74, 6) is 2.76. The molecule has 1 atom stereocenters. The molecule has 3 aromatic rings. The second kappa shape index (κ2) is 5.77. The molecule has 2 aromatic heterocycles. The van der Waals surface area contributed by atoms with E-state index in [-0.39, 0.29) is 6.04 Å². The number of ether oxygens (including phenoxy) is 2. The van der Waals surface area contributed by atoms with Crippen LogP contribution in [0.1, 0.15) is 17.4 Å². The largest absolute Gasteiger partial charge is 0.493 e. The second-order valence-electron chi connectivity index (χ2n) is 5.27. The van der Waals surface area contributed by atoms with E-state index in [0.29, 0.717) is 17.4 Å². The fourth-order valence-corrected chi connectivity index (χ4v) is 2.78. The van der Waals surface area contributed by atoms with Gasteiger partial charge in [0.1, 0.15) is 18.1 Å². The lowest BCUT2D eigenvalue weighted by molar-refractivity contribution is 0.354. The summed E-state index contributed by atoms with van der Waals surface area (Å²) in [4.78, 5) is 4.27. The highest BCUT2D eigenvalue weighted by atomic mass is 16.5. The van der Waals surface area contributed by atoms with Gasteiger partial charge in [0, 0.05) is 0 Å². The van der Waals surface area contributed by atoms with Gasteiger partial charge >= 0.3 is 0 Å². The predicted octanol–water partition coefficient (Wildman–Crippen LogP) is 2.94. The quantitative estimate of drug-likeness (QED) is 0.795. The zero-order valence-electron chi connectivity index (χ0n) is 13.3. The predicted molar refractivity (Wildman–Crippen MR) is 88.0 cm³/mol. The Kier molecular flexibility index (Phi) is 3.45. The summed E-state index contributed by atoms with van der Waals surface area (Å²) in [5, 5.41) is 7.56. The molecule has 24 heavy (non-hydrogen) atoms. The highest BCUT2D eigenvalue weighted by Crippen LogP contribution is 2.36. The van der Waals surface area contributed by atoms with Crippen LogP contribution >= 0.6 is 0 Å². The lowest BCUT2D eigenvalue weighted by Crippen LogP contribution is -2.20. The van der Waals surface area contributed by atoms with Crippen molar-refractivity contribution in [2.75, 3.05) is 19.5 Å². The molecule has 7 nitrogen and oxygen atoms in total. The molecule has 0 fully saturated rings. The lowest BCUT2D eigenvalue weighted by Gasteiger charge is -2.24. The van der Waals surface area contributed by atoms with Gasteiger partial charge in [-0.25, -0.2) is 4.68 Å². The molecular weight excluding hydrogens is 308 g/mol. The van der Waals surface area contributed by atoms with E-state index in [4.69, 9.17) is 13.9 Å². The number of aromatic nitrogens is 3. The Morgan fingerprint density at radius 2 is 2.04 bits per heavy atom. The molecule has 122 valence electrons. The van der Waals surface area contributed by atoms with Crippen molar-refractivity contribution in [1.29, 1.82) is 0 Å². The van der Waals surface area contributed by atoms with Crippen molar-refractivity contribution < 1.29 is 13.9 Å². The van der Waals surface area contributed by atoms with Crippen LogP contribution in [-0.4, -0.2) is 29.0 Å². The van der Waals surface area contributed by atoms with Crippen LogP contribution in [0, 0.1) is 0 Å². The van der Waals surface area contributed by atoms with Crippen molar-refractivity contribution in [2.24, 2.45) is 0 Å². The Morgan fingerprint density at radius 3 is 2.79 bits per heavy atom. The normalized spacial score (nSPS) is 16.1. The van der Waals surface area contributed by atoms with Crippen LogP contribution in [0.5, 0.6) is 11.5 Å². The monoisotopic (exact) mass is 324 g/mol. The Labute approximate surface area is 138 Å². The highest BCUT2D eigenvalue weighted by molar-refractivity contribution is 5.74. The maximum atomic E-state index is 5.50. The van der Waals surface area contributed by atoms with Crippen LogP contribution in [0.15, 0.2) is 53.4 Å². The molecule has 0 spiro atoms. The van der Waals surface area contributed by atoms with Crippen molar-refractivity contribution in [2.45, 2.75) is 6.04 Å². The van der Waals surface area contributed by atoms with E-state index in [1.165, 1.54) is 6.33 Å². The van der Waals surface area contributed by atoms with Crippen molar-refractivity contribution in [3.05, 3.63) is 60.3 Å². The first-order valence-electron chi connectivity index (χ1n) is 7.44. The van der Waals surface area contributed by atoms with Gasteiger partial charge in [0.05, 0.1) is 26.2 Å². The zero-order valence-corrected chi connectivity index (χ0v) is 13.3. The fourth-order valence-electron chi connectivity index (χ4n) is 2.78. The van der Waals surface area contributed by atoms with Crippen LogP contribution in [0.25, 0.3) is 5.70 Å². The molecule has 1 N–H and O–H groups in total. The van der Waals surface area contributed by atoms with Gasteiger partial charge in [-0.15, -0.1) is 0 Å². The Hall–Kier alpha value is -3.22. The smallest absolute Gasteiger partial charge is 0.226 e. The molecule has 0 bridgehead atoms. The van der Waals surface area contributed by atoms with Gasteiger partial charge in [-0.05, 0) is 35.9 Å². The van der Waals surface area contributed by atoms with E-state index in [0.717, 1.165) is 17.0 Å². The average Bonchev–Trinajstić information content (AvgIpc) is 3.31. The van der Waals surface area contributed by atoms with E-state index in [1.807, 2.05) is 41.1 Å². The minimum atomic E-state index is -0.136. The SMILES string of the molecule is COc1ccc(C2C=C(c3ccco3)Nc3ncnn32)cc1OC. The van der Waals surface area contributed by atoms with Gasteiger partial charge in [0.25, 0.3) is 0 Å². The third-order valence-corrected chi connectivity index (χ3v) is 3.94. The molecule has 0 saturated carbocycles. The summed E-state index contributed by atoms with van der Waals surface area (Å²) in [6.45, 7) is 0. The number of nitrogens with zero attached hydrogens (tertiary/aromatic N) is 3. The molecule has 0 saturated heterocycles. The van der Waals surface area contributed by atoms with Gasteiger partial charge in [0.2, 0.25) is 5.95 Å². The van der Waals surface area contributed by atoms with Crippen LogP contribution < -0.4 is 14.8 Å². The summed E-state index contributed by atoms with van der Waals surface area (Å²) in [7, 11) is 3.24. The zero-order chi connectivity index (χ0) is 16.5. The van der Waals surface area contributed by atoms with Gasteiger partial charge in [0.15, 0.2) is 11.5 Å². The molecule has 0 aliphatic carbocycles. The number of hydrogen-bond acceptors (Lipinski definition) is 6. The number of rotatable bonds is 4. The van der Waals surface area contributed by atoms with E-state index in [1.54, 1.807) is 20.5 Å². The number of nitrogens with one attached hydrogen (secondary N) is 1. The fraction of sp³-hybridized carbons (Fsp3) is 0.176. The number of fused-ring (bicyclic) bond motifs is 1. The summed E-state index contributed by atoms with van der Waals surface area (Å²) in [6, 6.07) is 9.42. The molecular formula is C17H16N4O3. The van der Waals surface area contributed by atoms with Crippen molar-refractivity contribution >= 4 is 11.6 Å². The summed E-state index contributed by atoms with van der Waals surface area (Å²) >= 11 is 0. The number of furan rings is 1. The minimum absolute atomic E-state index is 0.136. The standard InChI is InChI=1S/C17H16N4O3/c1-22-15-6-5-11(8-16(15)23-2)13-9-12(14-4-3-7-24-14)20-17-18-10-19-21(13)17/h3-10,13H,1-2H3,(H,18,19,20). The number of anilines is 1. The highest BCUT2D eigenvalue weighted by Gasteiger charge is 2.25. The van der Waals surface area contributed by atoms with E-state index >= 15 is 0 Å². The molecule has 1 aliphatic heterocycles. The van der Waals surface area contributed by atoms with Crippen molar-refractivity contribution in [3.63, 3.8) is 0 Å². The van der Waals surface area contributed by atoms with Gasteiger partial charge in [-0.2, -0.15) is 10.1 Å². The van der Waals surface area contributed by atoms with Gasteiger partial charge < -0.3 is 19.2 Å². The first-order chi connectivity index (χ1) is 11.8. The van der Waals surface area contributed by atoms with Crippen LogP contribution in [0.4, 0.5) is 5.95 Å². The van der Waals surface area contributed by atoms with E-state index in [2.05, 4.69) is 15.4 Å². The minimum Gasteiger partial charge on any atom is -0.493 e. The number of allylic oxidation sites excluding steroid dienone is 1. The maximum Gasteiger partial charge on any atom is 0.226 e. The summed E-state index contributed by atoms with van der Waals surface area (Å²) < 4.78 is 18.0. The summed E-state index contributed by atoms with van der Waals surface area (Å²) in [6.07, 6.45) is 5.21. The van der Waals surface area contributed by atoms with Gasteiger partial charge in [-0.1, -0.05) is 6.07 Å². The summed E-state index contributed by atoms with van der Waals surface area (Å²) in [5.41, 5.74) is 1.85. The number of methoxy groups -OCH3 is 2. The second-order valence-corrected chi connectivity index (χ2v) is 5.27. The molecule has 7 heteroatoms. The number of benzene rings is 1. The first-order valence-corrected chi connectivity index (χ1v) is 7.44. The molecule has 3 heterocycles. The van der Waals surface area contributed by atoms with Crippen molar-refractivity contribution in [1.82, 2.24) is 14.8 Å². The lowest BCUT2D eigenvalue weighted by atomic mass is 10.0. The van der Waals surface area contributed by atoms with Crippen LogP contribution in [-0.2, 0) is 0 Å². The Bertz CT molecular complexity index is 883. The number of hydrogen-bond donors (Lipinski definition) is 1. The average molecular weight is 324 g/mol. The third kappa shape index (κ3) is 2.30. The maximum absolute atomic E-state index is 5.50. The molecule has 1 aliphatic rings. The van der Waals surface area contributed by atoms with Crippen LogP contribution in [0.3, 0.4) is 0 Å². The van der Waals surface area contributed by atoms with Crippen LogP contribution in [0.2, 0.25) is 0 Å². The van der Waals surface area contributed by atoms with Crippen molar-refractivity contribution in [3.8, 4) is 11.5 Å². The third-order valence-electron chi connectivity index (χ3n) is 3.94. The molecule has 1 unspecified atom stereocenters. The van der Waals surface area contributed by atoms with Gasteiger partial charge in [-0.3, -0.25) is 0 Å². The first kappa shape index (κ1) is 14.4. The molecule has 4 rings (SSSR count).